The topological polar surface area (TPSA) is 90.9 Å². The molecule has 0 radical (unpaired) electrons. The minimum Gasteiger partial charge on any atom is -0.507 e. The van der Waals surface area contributed by atoms with E-state index in [4.69, 9.17) is 9.52 Å². The first kappa shape index (κ1) is 10.1. The Kier molecular flexibility index (Phi) is 2.28. The lowest BCUT2D eigenvalue weighted by Crippen LogP contribution is -1.92. The molecule has 0 saturated heterocycles. The lowest BCUT2D eigenvalue weighted by atomic mass is 10.1. The Labute approximate surface area is 89.9 Å². The van der Waals surface area contributed by atoms with Crippen LogP contribution in [0.1, 0.15) is 5.56 Å². The van der Waals surface area contributed by atoms with Crippen LogP contribution in [0, 0.1) is 0 Å². The normalized spacial score (nSPS) is 11.9. The van der Waals surface area contributed by atoms with Crippen LogP contribution in [-0.4, -0.2) is 21.3 Å². The van der Waals surface area contributed by atoms with E-state index >= 15 is 0 Å². The molecule has 3 N–H and O–H groups in total. The molecule has 1 aromatic heterocycles. The van der Waals surface area contributed by atoms with Gasteiger partial charge in [-0.3, -0.25) is 0 Å². The van der Waals surface area contributed by atoms with Gasteiger partial charge in [0, 0.05) is 11.5 Å². The number of furan rings is 1. The first-order valence-corrected chi connectivity index (χ1v) is 4.42. The molecule has 0 fully saturated rings. The molecule has 0 saturated carbocycles. The van der Waals surface area contributed by atoms with E-state index < -0.39 is 11.7 Å². The van der Waals surface area contributed by atoms with Gasteiger partial charge >= 0.3 is 5.97 Å². The fourth-order valence-electron chi connectivity index (χ4n) is 1.40. The van der Waals surface area contributed by atoms with Gasteiger partial charge < -0.3 is 19.7 Å². The predicted molar refractivity (Wildman–Crippen MR) is 56.1 cm³/mol. The summed E-state index contributed by atoms with van der Waals surface area (Å²) in [5.74, 6) is -2.03. The van der Waals surface area contributed by atoms with Gasteiger partial charge in [-0.25, -0.2) is 4.79 Å². The van der Waals surface area contributed by atoms with Crippen LogP contribution >= 0.6 is 0 Å². The van der Waals surface area contributed by atoms with Crippen LogP contribution in [0.25, 0.3) is 16.7 Å². The second-order valence-electron chi connectivity index (χ2n) is 3.20. The van der Waals surface area contributed by atoms with Crippen molar-refractivity contribution in [2.75, 3.05) is 0 Å². The lowest BCUT2D eigenvalue weighted by Gasteiger charge is -2.02. The standard InChI is InChI=1S/C11H8O5/c12-8-4-10-6(1-2-16-10)3-7(8)9(13)5-11(14)15/h1-5,12-13H,(H,14,15)/b9-5-. The third-order valence-electron chi connectivity index (χ3n) is 2.11. The van der Waals surface area contributed by atoms with Crippen molar-refractivity contribution in [1.29, 1.82) is 0 Å². The van der Waals surface area contributed by atoms with Crippen molar-refractivity contribution in [3.8, 4) is 5.75 Å². The SMILES string of the molecule is O=C(O)/C=C(\O)c1cc2ccoc2cc1O. The van der Waals surface area contributed by atoms with Crippen molar-refractivity contribution in [1.82, 2.24) is 0 Å². The zero-order valence-corrected chi connectivity index (χ0v) is 8.04. The van der Waals surface area contributed by atoms with Gasteiger partial charge in [0.15, 0.2) is 0 Å². The molecular formula is C11H8O5. The Hall–Kier alpha value is -2.43. The predicted octanol–water partition coefficient (Wildman–Crippen LogP) is 2.12. The number of aliphatic carboxylic acids is 1. The molecule has 2 rings (SSSR count). The highest BCUT2D eigenvalue weighted by atomic mass is 16.4. The van der Waals surface area contributed by atoms with Crippen LogP contribution < -0.4 is 0 Å². The Morgan fingerprint density at radius 1 is 1.31 bits per heavy atom. The third-order valence-corrected chi connectivity index (χ3v) is 2.11. The molecule has 5 heteroatoms. The number of hydrogen-bond donors (Lipinski definition) is 3. The Morgan fingerprint density at radius 3 is 2.75 bits per heavy atom. The van der Waals surface area contributed by atoms with Crippen LogP contribution in [0.15, 0.2) is 35.0 Å². The van der Waals surface area contributed by atoms with E-state index in [1.807, 2.05) is 0 Å². The summed E-state index contributed by atoms with van der Waals surface area (Å²) in [6, 6.07) is 4.41. The largest absolute Gasteiger partial charge is 0.507 e. The highest BCUT2D eigenvalue weighted by Crippen LogP contribution is 2.29. The number of aromatic hydroxyl groups is 1. The smallest absolute Gasteiger partial charge is 0.332 e. The van der Waals surface area contributed by atoms with E-state index in [0.29, 0.717) is 17.0 Å². The van der Waals surface area contributed by atoms with Crippen LogP contribution in [0.5, 0.6) is 5.75 Å². The number of carbonyl (C=O) groups is 1. The fraction of sp³-hybridized carbons (Fsp3) is 0. The molecule has 0 aliphatic carbocycles. The zero-order valence-electron chi connectivity index (χ0n) is 8.04. The van der Waals surface area contributed by atoms with E-state index in [1.165, 1.54) is 18.4 Å². The molecule has 0 aliphatic heterocycles. The molecule has 1 heterocycles. The molecule has 5 nitrogen and oxygen atoms in total. The molecule has 0 atom stereocenters. The van der Waals surface area contributed by atoms with Crippen molar-refractivity contribution in [3.63, 3.8) is 0 Å². The number of aliphatic hydroxyl groups excluding tert-OH is 1. The van der Waals surface area contributed by atoms with Crippen molar-refractivity contribution in [2.24, 2.45) is 0 Å². The maximum absolute atomic E-state index is 10.4. The van der Waals surface area contributed by atoms with Gasteiger partial charge in [0.1, 0.15) is 17.1 Å². The van der Waals surface area contributed by atoms with Crippen LogP contribution in [0.2, 0.25) is 0 Å². The van der Waals surface area contributed by atoms with E-state index in [9.17, 15) is 15.0 Å². The molecule has 82 valence electrons. The summed E-state index contributed by atoms with van der Waals surface area (Å²) in [6.07, 6.45) is 2.05. The van der Waals surface area contributed by atoms with Gasteiger partial charge in [-0.05, 0) is 12.1 Å². The highest BCUT2D eigenvalue weighted by Gasteiger charge is 2.10. The molecule has 0 aliphatic rings. The van der Waals surface area contributed by atoms with Gasteiger partial charge in [0.25, 0.3) is 0 Å². The van der Waals surface area contributed by atoms with Crippen LogP contribution in [0.4, 0.5) is 0 Å². The van der Waals surface area contributed by atoms with Crippen molar-refractivity contribution >= 4 is 22.7 Å². The summed E-state index contributed by atoms with van der Waals surface area (Å²) < 4.78 is 5.04. The van der Waals surface area contributed by atoms with Crippen molar-refractivity contribution in [3.05, 3.63) is 36.1 Å². The van der Waals surface area contributed by atoms with E-state index in [2.05, 4.69) is 0 Å². The van der Waals surface area contributed by atoms with E-state index in [-0.39, 0.29) is 11.3 Å². The summed E-state index contributed by atoms with van der Waals surface area (Å²) in [7, 11) is 0. The first-order chi connectivity index (χ1) is 7.58. The molecule has 16 heavy (non-hydrogen) atoms. The Balaban J connectivity index is 2.59. The fourth-order valence-corrected chi connectivity index (χ4v) is 1.40. The molecule has 0 amide bonds. The van der Waals surface area contributed by atoms with Gasteiger partial charge in [-0.2, -0.15) is 0 Å². The summed E-state index contributed by atoms with van der Waals surface area (Å²) >= 11 is 0. The minimum atomic E-state index is -1.29. The number of carboxylic acids is 1. The maximum atomic E-state index is 10.4. The summed E-state index contributed by atoms with van der Waals surface area (Å²) in [5.41, 5.74) is 0.515. The molecule has 0 unspecified atom stereocenters. The number of fused-ring (bicyclic) bond motifs is 1. The number of benzene rings is 1. The average Bonchev–Trinajstić information content (AvgIpc) is 2.61. The molecule has 0 spiro atoms. The zero-order chi connectivity index (χ0) is 11.7. The number of rotatable bonds is 2. The van der Waals surface area contributed by atoms with Crippen LogP contribution in [0.3, 0.4) is 0 Å². The van der Waals surface area contributed by atoms with E-state index in [0.717, 1.165) is 0 Å². The summed E-state index contributed by atoms with van der Waals surface area (Å²) in [5, 5.41) is 28.2. The van der Waals surface area contributed by atoms with Gasteiger partial charge in [0.05, 0.1) is 17.9 Å². The number of phenols is 1. The second kappa shape index (κ2) is 3.62. The van der Waals surface area contributed by atoms with Gasteiger partial charge in [0.2, 0.25) is 0 Å². The van der Waals surface area contributed by atoms with E-state index in [1.54, 1.807) is 6.07 Å². The third kappa shape index (κ3) is 1.70. The molecular weight excluding hydrogens is 212 g/mol. The average molecular weight is 220 g/mol. The number of aliphatic hydroxyl groups is 1. The Bertz CT molecular complexity index is 579. The lowest BCUT2D eigenvalue weighted by molar-refractivity contribution is -0.131. The minimum absolute atomic E-state index is 0.0521. The van der Waals surface area contributed by atoms with Crippen LogP contribution in [-0.2, 0) is 4.79 Å². The second-order valence-corrected chi connectivity index (χ2v) is 3.20. The molecule has 2 aromatic rings. The van der Waals surface area contributed by atoms with Gasteiger partial charge in [-0.1, -0.05) is 0 Å². The summed E-state index contributed by atoms with van der Waals surface area (Å²) in [4.78, 5) is 10.4. The van der Waals surface area contributed by atoms with Gasteiger partial charge in [-0.15, -0.1) is 0 Å². The first-order valence-electron chi connectivity index (χ1n) is 4.42. The summed E-state index contributed by atoms with van der Waals surface area (Å²) in [6.45, 7) is 0. The number of phenolic OH excluding ortho intramolecular Hbond substituents is 1. The Morgan fingerprint density at radius 2 is 2.06 bits per heavy atom. The maximum Gasteiger partial charge on any atom is 0.332 e. The number of carboxylic acid groups (broad SMARTS) is 1. The monoisotopic (exact) mass is 220 g/mol. The molecule has 1 aromatic carbocycles. The number of hydrogen-bond acceptors (Lipinski definition) is 4. The van der Waals surface area contributed by atoms with Crippen molar-refractivity contribution in [2.45, 2.75) is 0 Å². The van der Waals surface area contributed by atoms with Crippen molar-refractivity contribution < 1.29 is 24.5 Å². The highest BCUT2D eigenvalue weighted by molar-refractivity contribution is 5.91. The quantitative estimate of drug-likeness (QED) is 0.532. The molecule has 0 bridgehead atoms.